The van der Waals surface area contributed by atoms with Gasteiger partial charge in [0.2, 0.25) is 5.91 Å². The number of nitrogens with zero attached hydrogens (tertiary/aromatic N) is 2. The average Bonchev–Trinajstić information content (AvgIpc) is 2.97. The second-order valence-corrected chi connectivity index (χ2v) is 10.2. The predicted octanol–water partition coefficient (Wildman–Crippen LogP) is 4.55. The molecule has 0 unspecified atom stereocenters. The highest BCUT2D eigenvalue weighted by Gasteiger charge is 2.47. The number of benzene rings is 1. The normalized spacial score (nSPS) is 19.9. The molecule has 0 N–H and O–H groups in total. The molecule has 0 aromatic heterocycles. The first-order chi connectivity index (χ1) is 12.1. The van der Waals surface area contributed by atoms with Crippen LogP contribution in [0.3, 0.4) is 0 Å². The number of amides is 2. The van der Waals surface area contributed by atoms with Crippen LogP contribution in [-0.4, -0.2) is 51.9 Å². The first-order valence-corrected chi connectivity index (χ1v) is 10.6. The maximum absolute atomic E-state index is 13.1. The van der Waals surface area contributed by atoms with Crippen LogP contribution in [0.2, 0.25) is 10.0 Å². The van der Waals surface area contributed by atoms with Crippen molar-refractivity contribution in [2.45, 2.75) is 38.5 Å². The number of likely N-dealkylation sites (tertiary alicyclic amines) is 1. The molecule has 1 spiro atoms. The van der Waals surface area contributed by atoms with Gasteiger partial charge in [-0.25, -0.2) is 0 Å². The minimum atomic E-state index is -0.375. The highest BCUT2D eigenvalue weighted by Crippen LogP contribution is 2.45. The molecule has 4 nitrogen and oxygen atoms in total. The maximum Gasteiger partial charge on any atom is 0.256 e. The molecule has 2 saturated heterocycles. The summed E-state index contributed by atoms with van der Waals surface area (Å²) < 4.78 is 0. The summed E-state index contributed by atoms with van der Waals surface area (Å²) in [5, 5.41) is 0.904. The van der Waals surface area contributed by atoms with Crippen LogP contribution in [0.15, 0.2) is 18.2 Å². The van der Waals surface area contributed by atoms with Crippen molar-refractivity contribution < 1.29 is 9.59 Å². The summed E-state index contributed by atoms with van der Waals surface area (Å²) in [5.41, 5.74) is 0.116. The lowest BCUT2D eigenvalue weighted by Crippen LogP contribution is -2.55. The SMILES string of the molecule is CC(C)(C)C(=O)N1CCC2(CC1)SCCN2C(=O)c1ccc(Cl)cc1Cl. The van der Waals surface area contributed by atoms with Crippen LogP contribution in [0, 0.1) is 5.41 Å². The lowest BCUT2D eigenvalue weighted by Gasteiger charge is -2.45. The Morgan fingerprint density at radius 1 is 1.12 bits per heavy atom. The first kappa shape index (κ1) is 19.8. The zero-order chi connectivity index (χ0) is 19.1. The summed E-state index contributed by atoms with van der Waals surface area (Å²) in [6.45, 7) is 7.91. The van der Waals surface area contributed by atoms with Crippen LogP contribution in [0.4, 0.5) is 0 Å². The lowest BCUT2D eigenvalue weighted by atomic mass is 9.92. The molecule has 7 heteroatoms. The number of piperidine rings is 1. The van der Waals surface area contributed by atoms with Crippen LogP contribution in [0.1, 0.15) is 44.0 Å². The zero-order valence-corrected chi connectivity index (χ0v) is 17.7. The Morgan fingerprint density at radius 2 is 1.77 bits per heavy atom. The van der Waals surface area contributed by atoms with Crippen molar-refractivity contribution in [2.75, 3.05) is 25.4 Å². The Balaban J connectivity index is 1.76. The number of carbonyl (C=O) groups excluding carboxylic acids is 2. The third-order valence-corrected chi connectivity index (χ3v) is 7.16. The molecule has 0 radical (unpaired) electrons. The van der Waals surface area contributed by atoms with E-state index >= 15 is 0 Å². The predicted molar refractivity (Wildman–Crippen MR) is 108 cm³/mol. The van der Waals surface area contributed by atoms with Crippen LogP contribution in [-0.2, 0) is 4.79 Å². The van der Waals surface area contributed by atoms with Gasteiger partial charge in [-0.05, 0) is 31.0 Å². The standard InChI is InChI=1S/C19H24Cl2N2O2S/c1-18(2,3)17(25)22-8-6-19(7-9-22)23(10-11-26-19)16(24)14-5-4-13(20)12-15(14)21/h4-5,12H,6-11H2,1-3H3. The van der Waals surface area contributed by atoms with Crippen molar-refractivity contribution in [1.82, 2.24) is 9.80 Å². The van der Waals surface area contributed by atoms with E-state index in [1.807, 2.05) is 42.3 Å². The van der Waals surface area contributed by atoms with E-state index in [9.17, 15) is 9.59 Å². The minimum Gasteiger partial charge on any atom is -0.342 e. The van der Waals surface area contributed by atoms with Crippen molar-refractivity contribution in [3.05, 3.63) is 33.8 Å². The highest BCUT2D eigenvalue weighted by molar-refractivity contribution is 8.00. The fourth-order valence-electron chi connectivity index (χ4n) is 3.65. The Hall–Kier alpha value is -0.910. The van der Waals surface area contributed by atoms with Crippen molar-refractivity contribution in [1.29, 1.82) is 0 Å². The number of halogens is 2. The molecule has 1 aromatic rings. The van der Waals surface area contributed by atoms with E-state index in [-0.39, 0.29) is 22.1 Å². The van der Waals surface area contributed by atoms with E-state index in [1.165, 1.54) is 0 Å². The number of rotatable bonds is 1. The van der Waals surface area contributed by atoms with Gasteiger partial charge in [-0.15, -0.1) is 11.8 Å². The van der Waals surface area contributed by atoms with E-state index in [0.717, 1.165) is 18.6 Å². The van der Waals surface area contributed by atoms with Crippen LogP contribution in [0.5, 0.6) is 0 Å². The fourth-order valence-corrected chi connectivity index (χ4v) is 5.60. The number of hydrogen-bond donors (Lipinski definition) is 0. The van der Waals surface area contributed by atoms with Gasteiger partial charge < -0.3 is 9.80 Å². The average molecular weight is 415 g/mol. The van der Waals surface area contributed by atoms with Crippen molar-refractivity contribution >= 4 is 46.8 Å². The molecule has 2 aliphatic heterocycles. The fraction of sp³-hybridized carbons (Fsp3) is 0.579. The van der Waals surface area contributed by atoms with Crippen LogP contribution in [0.25, 0.3) is 0 Å². The Bertz CT molecular complexity index is 725. The largest absolute Gasteiger partial charge is 0.342 e. The second kappa shape index (κ2) is 7.25. The van der Waals surface area contributed by atoms with E-state index < -0.39 is 0 Å². The van der Waals surface area contributed by atoms with Gasteiger partial charge in [-0.3, -0.25) is 9.59 Å². The molecule has 0 bridgehead atoms. The minimum absolute atomic E-state index is 0.0488. The van der Waals surface area contributed by atoms with Gasteiger partial charge in [-0.2, -0.15) is 0 Å². The number of hydrogen-bond acceptors (Lipinski definition) is 3. The summed E-state index contributed by atoms with van der Waals surface area (Å²) in [5.74, 6) is 1.03. The Labute approximate surface area is 169 Å². The second-order valence-electron chi connectivity index (χ2n) is 7.92. The van der Waals surface area contributed by atoms with Crippen LogP contribution >= 0.6 is 35.0 Å². The molecule has 142 valence electrons. The molecule has 26 heavy (non-hydrogen) atoms. The van der Waals surface area contributed by atoms with Gasteiger partial charge in [0.15, 0.2) is 0 Å². The van der Waals surface area contributed by atoms with Gasteiger partial charge in [0.1, 0.15) is 0 Å². The Kier molecular flexibility index (Phi) is 5.53. The summed E-state index contributed by atoms with van der Waals surface area (Å²) in [6, 6.07) is 5.00. The van der Waals surface area contributed by atoms with E-state index in [0.29, 0.717) is 35.2 Å². The smallest absolute Gasteiger partial charge is 0.256 e. The highest BCUT2D eigenvalue weighted by atomic mass is 35.5. The number of thioether (sulfide) groups is 1. The molecule has 2 fully saturated rings. The molecule has 1 aromatic carbocycles. The van der Waals surface area contributed by atoms with E-state index in [1.54, 1.807) is 18.2 Å². The van der Waals surface area contributed by atoms with Crippen molar-refractivity contribution in [2.24, 2.45) is 5.41 Å². The summed E-state index contributed by atoms with van der Waals surface area (Å²) in [6.07, 6.45) is 1.58. The first-order valence-electron chi connectivity index (χ1n) is 8.84. The summed E-state index contributed by atoms with van der Waals surface area (Å²) >= 11 is 14.0. The van der Waals surface area contributed by atoms with Crippen molar-refractivity contribution in [3.8, 4) is 0 Å². The molecule has 2 aliphatic rings. The third-order valence-electron chi connectivity index (χ3n) is 5.06. The molecular weight excluding hydrogens is 391 g/mol. The van der Waals surface area contributed by atoms with Crippen LogP contribution < -0.4 is 0 Å². The molecule has 3 rings (SSSR count). The lowest BCUT2D eigenvalue weighted by molar-refractivity contribution is -0.141. The van der Waals surface area contributed by atoms with Gasteiger partial charge in [0.25, 0.3) is 5.91 Å². The zero-order valence-electron chi connectivity index (χ0n) is 15.3. The maximum atomic E-state index is 13.1. The topological polar surface area (TPSA) is 40.6 Å². The third kappa shape index (κ3) is 3.71. The monoisotopic (exact) mass is 414 g/mol. The summed E-state index contributed by atoms with van der Waals surface area (Å²) in [7, 11) is 0. The molecular formula is C19H24Cl2N2O2S. The number of carbonyl (C=O) groups is 2. The van der Waals surface area contributed by atoms with E-state index in [4.69, 9.17) is 23.2 Å². The molecule has 0 aliphatic carbocycles. The van der Waals surface area contributed by atoms with Gasteiger partial charge >= 0.3 is 0 Å². The summed E-state index contributed by atoms with van der Waals surface area (Å²) in [4.78, 5) is 29.3. The molecule has 2 amide bonds. The molecule has 0 atom stereocenters. The van der Waals surface area contributed by atoms with E-state index in [2.05, 4.69) is 0 Å². The quantitative estimate of drug-likeness (QED) is 0.676. The van der Waals surface area contributed by atoms with Gasteiger partial charge in [0.05, 0.1) is 15.5 Å². The Morgan fingerprint density at radius 3 is 2.35 bits per heavy atom. The van der Waals surface area contributed by atoms with Gasteiger partial charge in [-0.1, -0.05) is 44.0 Å². The molecule has 0 saturated carbocycles. The molecule has 2 heterocycles. The van der Waals surface area contributed by atoms with Gasteiger partial charge in [0, 0.05) is 35.8 Å². The van der Waals surface area contributed by atoms with Crippen molar-refractivity contribution in [3.63, 3.8) is 0 Å².